The number of aliphatic hydroxyl groups excluding tert-OH is 1. The van der Waals surface area contributed by atoms with Crippen molar-refractivity contribution in [2.24, 2.45) is 4.99 Å². The van der Waals surface area contributed by atoms with Crippen LogP contribution in [0, 0.1) is 0 Å². The summed E-state index contributed by atoms with van der Waals surface area (Å²) >= 11 is 1.13. The predicted molar refractivity (Wildman–Crippen MR) is 116 cm³/mol. The first-order valence-corrected chi connectivity index (χ1v) is 11.7. The maximum Gasteiger partial charge on any atom is 0.195 e. The van der Waals surface area contributed by atoms with Gasteiger partial charge < -0.3 is 25.2 Å². The highest BCUT2D eigenvalue weighted by Gasteiger charge is 2.20. The Morgan fingerprint density at radius 3 is 2.69 bits per heavy atom. The molecule has 29 heavy (non-hydrogen) atoms. The summed E-state index contributed by atoms with van der Waals surface area (Å²) in [6.07, 6.45) is -1.12. The van der Waals surface area contributed by atoms with E-state index in [4.69, 9.17) is 9.47 Å². The highest BCUT2D eigenvalue weighted by Crippen LogP contribution is 2.30. The summed E-state index contributed by atoms with van der Waals surface area (Å²) < 4.78 is 35.6. The first-order chi connectivity index (χ1) is 13.9. The zero-order chi connectivity index (χ0) is 21.3. The summed E-state index contributed by atoms with van der Waals surface area (Å²) in [5, 5.41) is 18.0. The third-order valence-corrected chi connectivity index (χ3v) is 7.03. The Hall–Kier alpha value is -2.30. The second-order valence-corrected chi connectivity index (χ2v) is 9.22. The zero-order valence-corrected chi connectivity index (χ0v) is 18.3. The smallest absolute Gasteiger partial charge is 0.195 e. The van der Waals surface area contributed by atoms with E-state index in [1.807, 2.05) is 19.9 Å². The van der Waals surface area contributed by atoms with Gasteiger partial charge in [-0.05, 0) is 37.4 Å². The van der Waals surface area contributed by atoms with E-state index < -0.39 is 15.9 Å². The molecule has 1 unspecified atom stereocenters. The first kappa shape index (κ1) is 23.0. The number of guanidine groups is 1. The number of aliphatic imine (C=N–C) groups is 1. The number of nitrogens with zero attached hydrogens (tertiary/aromatic N) is 1. The number of sulfone groups is 1. The van der Waals surface area contributed by atoms with Crippen molar-refractivity contribution in [3.8, 4) is 11.5 Å². The van der Waals surface area contributed by atoms with E-state index in [-0.39, 0.29) is 16.5 Å². The van der Waals surface area contributed by atoms with Crippen LogP contribution in [-0.2, 0) is 9.84 Å². The summed E-state index contributed by atoms with van der Waals surface area (Å²) in [5.74, 6) is 1.26. The Labute approximate surface area is 175 Å². The number of benzene rings is 1. The maximum absolute atomic E-state index is 12.3. The molecule has 0 spiro atoms. The van der Waals surface area contributed by atoms with Crippen LogP contribution in [0.25, 0.3) is 0 Å². The Balaban J connectivity index is 2.06. The second-order valence-electron chi connectivity index (χ2n) is 6.01. The molecule has 8 nitrogen and oxygen atoms in total. The first-order valence-electron chi connectivity index (χ1n) is 9.20. The van der Waals surface area contributed by atoms with E-state index in [0.717, 1.165) is 11.3 Å². The third-order valence-electron chi connectivity index (χ3n) is 3.74. The molecule has 0 saturated heterocycles. The van der Waals surface area contributed by atoms with Crippen LogP contribution in [-0.4, -0.2) is 58.1 Å². The Morgan fingerprint density at radius 2 is 2.07 bits per heavy atom. The summed E-state index contributed by atoms with van der Waals surface area (Å²) in [6.45, 7) is 4.87. The van der Waals surface area contributed by atoms with Gasteiger partial charge in [-0.25, -0.2) is 8.42 Å². The molecule has 10 heteroatoms. The van der Waals surface area contributed by atoms with Gasteiger partial charge in [0.15, 0.2) is 27.3 Å². The molecule has 0 radical (unpaired) electrons. The molecule has 0 saturated carbocycles. The van der Waals surface area contributed by atoms with E-state index in [9.17, 15) is 13.5 Å². The van der Waals surface area contributed by atoms with Crippen LogP contribution in [0.15, 0.2) is 44.9 Å². The lowest BCUT2D eigenvalue weighted by Crippen LogP contribution is -2.32. The number of hydrogen-bond donors (Lipinski definition) is 3. The van der Waals surface area contributed by atoms with Gasteiger partial charge in [0.25, 0.3) is 0 Å². The van der Waals surface area contributed by atoms with E-state index in [2.05, 4.69) is 15.6 Å². The van der Waals surface area contributed by atoms with Gasteiger partial charge in [0, 0.05) is 18.3 Å². The summed E-state index contributed by atoms with van der Waals surface area (Å²) in [4.78, 5) is 4.30. The molecule has 1 aromatic heterocycles. The van der Waals surface area contributed by atoms with Crippen LogP contribution in [0.4, 0.5) is 5.69 Å². The minimum absolute atomic E-state index is 0.0614. The van der Waals surface area contributed by atoms with Crippen molar-refractivity contribution in [2.45, 2.75) is 24.2 Å². The number of methoxy groups -OCH3 is 1. The summed E-state index contributed by atoms with van der Waals surface area (Å²) in [5.41, 5.74) is 0.714. The fraction of sp³-hybridized carbons (Fsp3) is 0.421. The average Bonchev–Trinajstić information content (AvgIpc) is 3.23. The van der Waals surface area contributed by atoms with Crippen molar-refractivity contribution in [1.29, 1.82) is 0 Å². The fourth-order valence-corrected chi connectivity index (χ4v) is 4.96. The molecule has 0 aliphatic rings. The van der Waals surface area contributed by atoms with Gasteiger partial charge in [-0.1, -0.05) is 6.07 Å². The minimum Gasteiger partial charge on any atom is -0.493 e. The van der Waals surface area contributed by atoms with Gasteiger partial charge in [-0.3, -0.25) is 4.99 Å². The number of thiophene rings is 1. The molecule has 0 aliphatic carbocycles. The van der Waals surface area contributed by atoms with Crippen LogP contribution >= 0.6 is 11.3 Å². The Bertz CT molecular complexity index is 899. The molecule has 2 rings (SSSR count). The van der Waals surface area contributed by atoms with Crippen LogP contribution in [0.2, 0.25) is 0 Å². The van der Waals surface area contributed by atoms with Gasteiger partial charge in [0.05, 0.1) is 32.1 Å². The monoisotopic (exact) mass is 441 g/mol. The number of rotatable bonds is 10. The van der Waals surface area contributed by atoms with Gasteiger partial charge in [-0.2, -0.15) is 0 Å². The zero-order valence-electron chi connectivity index (χ0n) is 16.7. The normalized spacial score (nSPS) is 13.0. The molecular formula is C19H27N3O5S2. The number of nitrogens with one attached hydrogen (secondary N) is 2. The van der Waals surface area contributed by atoms with Crippen molar-refractivity contribution in [1.82, 2.24) is 5.32 Å². The van der Waals surface area contributed by atoms with Crippen molar-refractivity contribution in [2.75, 3.05) is 37.9 Å². The molecule has 0 bridgehead atoms. The minimum atomic E-state index is -3.53. The Morgan fingerprint density at radius 1 is 1.28 bits per heavy atom. The molecule has 160 valence electrons. The molecule has 0 aliphatic heterocycles. The summed E-state index contributed by atoms with van der Waals surface area (Å²) in [7, 11) is -1.97. The van der Waals surface area contributed by atoms with Crippen molar-refractivity contribution in [3.05, 3.63) is 35.7 Å². The lowest BCUT2D eigenvalue weighted by Gasteiger charge is -2.15. The quantitative estimate of drug-likeness (QED) is 0.384. The van der Waals surface area contributed by atoms with Crippen molar-refractivity contribution < 1.29 is 23.0 Å². The standard InChI is InChI=1S/C19H27N3O5S2/c1-4-20-19(22-14-8-9-16(27-5-2)17(11-14)26-3)21-12-15(23)13-29(24,25)18-7-6-10-28-18/h6-11,15,23H,4-5,12-13H2,1-3H3,(H2,20,21,22). The average molecular weight is 442 g/mol. The molecular weight excluding hydrogens is 414 g/mol. The SMILES string of the molecule is CCNC(=NCC(O)CS(=O)(=O)c1cccs1)Nc1ccc(OCC)c(OC)c1. The van der Waals surface area contributed by atoms with Crippen molar-refractivity contribution >= 4 is 32.8 Å². The van der Waals surface area contributed by atoms with Crippen molar-refractivity contribution in [3.63, 3.8) is 0 Å². The van der Waals surface area contributed by atoms with Crippen LogP contribution in [0.1, 0.15) is 13.8 Å². The number of hydrogen-bond acceptors (Lipinski definition) is 7. The molecule has 0 amide bonds. The van der Waals surface area contributed by atoms with E-state index in [1.54, 1.807) is 30.7 Å². The highest BCUT2D eigenvalue weighted by molar-refractivity contribution is 7.93. The third kappa shape index (κ3) is 6.91. The predicted octanol–water partition coefficient (Wildman–Crippen LogP) is 2.37. The molecule has 0 fully saturated rings. The highest BCUT2D eigenvalue weighted by atomic mass is 32.2. The topological polar surface area (TPSA) is 109 Å². The number of aliphatic hydroxyl groups is 1. The lowest BCUT2D eigenvalue weighted by molar-refractivity contribution is 0.206. The van der Waals surface area contributed by atoms with Gasteiger partial charge >= 0.3 is 0 Å². The van der Waals surface area contributed by atoms with E-state index in [0.29, 0.717) is 36.3 Å². The molecule has 3 N–H and O–H groups in total. The van der Waals surface area contributed by atoms with Crippen LogP contribution in [0.3, 0.4) is 0 Å². The molecule has 1 aromatic carbocycles. The largest absolute Gasteiger partial charge is 0.493 e. The number of ether oxygens (including phenoxy) is 2. The van der Waals surface area contributed by atoms with E-state index >= 15 is 0 Å². The fourth-order valence-electron chi connectivity index (χ4n) is 2.49. The Kier molecular flexibility index (Phi) is 8.74. The van der Waals surface area contributed by atoms with Crippen LogP contribution in [0.5, 0.6) is 11.5 Å². The van der Waals surface area contributed by atoms with Crippen LogP contribution < -0.4 is 20.1 Å². The van der Waals surface area contributed by atoms with Gasteiger partial charge in [-0.15, -0.1) is 11.3 Å². The van der Waals surface area contributed by atoms with Gasteiger partial charge in [0.1, 0.15) is 4.21 Å². The second kappa shape index (κ2) is 11.0. The molecule has 1 atom stereocenters. The van der Waals surface area contributed by atoms with Gasteiger partial charge in [0.2, 0.25) is 0 Å². The van der Waals surface area contributed by atoms with E-state index in [1.165, 1.54) is 6.07 Å². The molecule has 2 aromatic rings. The number of anilines is 1. The summed E-state index contributed by atoms with van der Waals surface area (Å²) in [6, 6.07) is 8.57. The maximum atomic E-state index is 12.3. The lowest BCUT2D eigenvalue weighted by atomic mass is 10.2. The molecule has 1 heterocycles.